The molecule has 186 valence electrons. The smallest absolute Gasteiger partial charge is 0.262 e. The second kappa shape index (κ2) is 10.5. The van der Waals surface area contributed by atoms with E-state index in [0.29, 0.717) is 40.5 Å². The lowest BCUT2D eigenvalue weighted by molar-refractivity contribution is 0.324. The lowest BCUT2D eigenvalue weighted by Gasteiger charge is -2.14. The summed E-state index contributed by atoms with van der Waals surface area (Å²) >= 11 is 0. The van der Waals surface area contributed by atoms with Crippen molar-refractivity contribution in [3.05, 3.63) is 65.2 Å². The standard InChI is InChI=1S/C24H23F2NO7S/c1-31-21-11-15(12-22(32-2)24(21)34-4)6-5-14-9-19(23(33-3)20(28)10-14)27-35(29,30)16-7-8-17(25)18(26)13-16/h5-13,27-28H,1-4H3/b6-5-. The van der Waals surface area contributed by atoms with Gasteiger partial charge in [-0.1, -0.05) is 12.2 Å². The van der Waals surface area contributed by atoms with Crippen molar-refractivity contribution in [1.29, 1.82) is 0 Å². The number of anilines is 1. The van der Waals surface area contributed by atoms with Crippen LogP contribution in [0, 0.1) is 11.6 Å². The largest absolute Gasteiger partial charge is 0.504 e. The molecule has 0 fully saturated rings. The number of aromatic hydroxyl groups is 1. The summed E-state index contributed by atoms with van der Waals surface area (Å²) in [6, 6.07) is 8.35. The fourth-order valence-electron chi connectivity index (χ4n) is 3.26. The third-order valence-corrected chi connectivity index (χ3v) is 6.26. The molecule has 0 amide bonds. The fourth-order valence-corrected chi connectivity index (χ4v) is 4.32. The van der Waals surface area contributed by atoms with Crippen LogP contribution in [0.1, 0.15) is 11.1 Å². The van der Waals surface area contributed by atoms with Crippen LogP contribution in [0.5, 0.6) is 28.7 Å². The average molecular weight is 508 g/mol. The zero-order valence-electron chi connectivity index (χ0n) is 19.3. The molecule has 0 aromatic heterocycles. The van der Waals surface area contributed by atoms with Gasteiger partial charge in [0.2, 0.25) is 5.75 Å². The van der Waals surface area contributed by atoms with Gasteiger partial charge in [-0.2, -0.15) is 0 Å². The van der Waals surface area contributed by atoms with Crippen LogP contribution in [0.3, 0.4) is 0 Å². The van der Waals surface area contributed by atoms with Gasteiger partial charge in [-0.3, -0.25) is 4.72 Å². The predicted octanol–water partition coefficient (Wildman–Crippen LogP) is 4.68. The molecule has 11 heteroatoms. The van der Waals surface area contributed by atoms with Crippen LogP contribution >= 0.6 is 0 Å². The molecular formula is C24H23F2NO7S. The van der Waals surface area contributed by atoms with E-state index in [1.54, 1.807) is 24.3 Å². The van der Waals surface area contributed by atoms with Crippen LogP contribution in [0.25, 0.3) is 12.2 Å². The van der Waals surface area contributed by atoms with Crippen LogP contribution in [0.4, 0.5) is 14.5 Å². The first kappa shape index (κ1) is 25.6. The third kappa shape index (κ3) is 5.57. The minimum absolute atomic E-state index is 0.109. The molecule has 0 radical (unpaired) electrons. The summed E-state index contributed by atoms with van der Waals surface area (Å²) in [5.41, 5.74) is 0.959. The molecule has 2 N–H and O–H groups in total. The van der Waals surface area contributed by atoms with Crippen LogP contribution in [-0.2, 0) is 10.0 Å². The molecule has 3 rings (SSSR count). The van der Waals surface area contributed by atoms with Crippen LogP contribution in [0.2, 0.25) is 0 Å². The van der Waals surface area contributed by atoms with Gasteiger partial charge in [0.15, 0.2) is 34.6 Å². The Balaban J connectivity index is 2.00. The zero-order valence-corrected chi connectivity index (χ0v) is 20.1. The van der Waals surface area contributed by atoms with Crippen molar-refractivity contribution in [2.24, 2.45) is 0 Å². The van der Waals surface area contributed by atoms with Crippen molar-refractivity contribution in [3.8, 4) is 28.7 Å². The van der Waals surface area contributed by atoms with Gasteiger partial charge in [-0.15, -0.1) is 0 Å². The summed E-state index contributed by atoms with van der Waals surface area (Å²) in [5.74, 6) is -1.71. The second-order valence-electron chi connectivity index (χ2n) is 7.09. The van der Waals surface area contributed by atoms with E-state index in [-0.39, 0.29) is 17.2 Å². The van der Waals surface area contributed by atoms with Gasteiger partial charge in [0.25, 0.3) is 10.0 Å². The quantitative estimate of drug-likeness (QED) is 0.406. The van der Waals surface area contributed by atoms with Gasteiger partial charge in [0, 0.05) is 0 Å². The van der Waals surface area contributed by atoms with Gasteiger partial charge in [0.05, 0.1) is 39.0 Å². The minimum Gasteiger partial charge on any atom is -0.504 e. The molecule has 0 bridgehead atoms. The van der Waals surface area contributed by atoms with E-state index in [4.69, 9.17) is 18.9 Å². The Morgan fingerprint density at radius 1 is 0.771 bits per heavy atom. The third-order valence-electron chi connectivity index (χ3n) is 4.90. The number of phenolic OH excluding ortho intramolecular Hbond substituents is 1. The molecule has 0 spiro atoms. The summed E-state index contributed by atoms with van der Waals surface area (Å²) in [7, 11) is 1.37. The molecule has 0 unspecified atom stereocenters. The van der Waals surface area contributed by atoms with Gasteiger partial charge >= 0.3 is 0 Å². The Kier molecular flexibility index (Phi) is 7.70. The number of hydrogen-bond acceptors (Lipinski definition) is 7. The average Bonchev–Trinajstić information content (AvgIpc) is 2.83. The second-order valence-corrected chi connectivity index (χ2v) is 8.78. The van der Waals surface area contributed by atoms with Crippen LogP contribution < -0.4 is 23.7 Å². The Bertz CT molecular complexity index is 1350. The lowest BCUT2D eigenvalue weighted by Crippen LogP contribution is -2.14. The first-order valence-corrected chi connectivity index (χ1v) is 11.5. The highest BCUT2D eigenvalue weighted by atomic mass is 32.2. The van der Waals surface area contributed by atoms with E-state index in [0.717, 1.165) is 6.07 Å². The summed E-state index contributed by atoms with van der Waals surface area (Å²) in [6.07, 6.45) is 3.29. The Morgan fingerprint density at radius 2 is 1.34 bits per heavy atom. The van der Waals surface area contributed by atoms with Crippen molar-refractivity contribution in [2.45, 2.75) is 4.90 Å². The lowest BCUT2D eigenvalue weighted by atomic mass is 10.1. The van der Waals surface area contributed by atoms with Crippen molar-refractivity contribution < 1.29 is 41.3 Å². The molecule has 35 heavy (non-hydrogen) atoms. The van der Waals surface area contributed by atoms with Gasteiger partial charge in [-0.25, -0.2) is 17.2 Å². The van der Waals surface area contributed by atoms with Crippen molar-refractivity contribution in [1.82, 2.24) is 0 Å². The maximum atomic E-state index is 13.6. The monoisotopic (exact) mass is 507 g/mol. The molecule has 0 aliphatic rings. The van der Waals surface area contributed by atoms with Gasteiger partial charge in [0.1, 0.15) is 0 Å². The SMILES string of the molecule is COc1cc(/C=C\c2cc(O)c(OC)c(NS(=O)(=O)c3ccc(F)c(F)c3)c2)cc(OC)c1OC. The summed E-state index contributed by atoms with van der Waals surface area (Å²) in [5, 5.41) is 10.4. The first-order valence-electron chi connectivity index (χ1n) is 10.0. The van der Waals surface area contributed by atoms with E-state index in [9.17, 15) is 22.3 Å². The molecule has 3 aromatic carbocycles. The summed E-state index contributed by atoms with van der Waals surface area (Å²) in [6.45, 7) is 0. The summed E-state index contributed by atoms with van der Waals surface area (Å²) in [4.78, 5) is -0.503. The molecule has 0 atom stereocenters. The number of methoxy groups -OCH3 is 4. The zero-order chi connectivity index (χ0) is 25.8. The number of rotatable bonds is 9. The highest BCUT2D eigenvalue weighted by molar-refractivity contribution is 7.92. The maximum Gasteiger partial charge on any atom is 0.262 e. The highest BCUT2D eigenvalue weighted by Gasteiger charge is 2.21. The predicted molar refractivity (Wildman–Crippen MR) is 127 cm³/mol. The molecule has 0 saturated carbocycles. The molecular weight excluding hydrogens is 484 g/mol. The number of benzene rings is 3. The van der Waals surface area contributed by atoms with E-state index in [1.807, 2.05) is 0 Å². The Morgan fingerprint density at radius 3 is 1.86 bits per heavy atom. The fraction of sp³-hybridized carbons (Fsp3) is 0.167. The topological polar surface area (TPSA) is 103 Å². The number of phenols is 1. The van der Waals surface area contributed by atoms with Crippen LogP contribution in [0.15, 0.2) is 47.4 Å². The van der Waals surface area contributed by atoms with Crippen molar-refractivity contribution in [3.63, 3.8) is 0 Å². The van der Waals surface area contributed by atoms with E-state index >= 15 is 0 Å². The van der Waals surface area contributed by atoms with E-state index < -0.39 is 26.6 Å². The molecule has 0 saturated heterocycles. The molecule has 0 aliphatic carbocycles. The molecule has 8 nitrogen and oxygen atoms in total. The van der Waals surface area contributed by atoms with Gasteiger partial charge in [-0.05, 0) is 53.6 Å². The van der Waals surface area contributed by atoms with Crippen LogP contribution in [-0.4, -0.2) is 42.0 Å². The van der Waals surface area contributed by atoms with E-state index in [1.165, 1.54) is 40.6 Å². The normalized spacial score (nSPS) is 11.4. The highest BCUT2D eigenvalue weighted by Crippen LogP contribution is 2.40. The number of halogens is 2. The first-order chi connectivity index (χ1) is 16.6. The van der Waals surface area contributed by atoms with Gasteiger partial charge < -0.3 is 24.1 Å². The summed E-state index contributed by atoms with van der Waals surface area (Å²) < 4.78 is 75.6. The number of sulfonamides is 1. The number of hydrogen-bond donors (Lipinski definition) is 2. The maximum absolute atomic E-state index is 13.6. The number of ether oxygens (including phenoxy) is 4. The van der Waals surface area contributed by atoms with Crippen molar-refractivity contribution in [2.75, 3.05) is 33.2 Å². The Labute approximate surface area is 201 Å². The Hall–Kier alpha value is -3.99. The van der Waals surface area contributed by atoms with Crippen molar-refractivity contribution >= 4 is 27.9 Å². The number of nitrogens with one attached hydrogen (secondary N) is 1. The molecule has 0 aliphatic heterocycles. The van der Waals surface area contributed by atoms with E-state index in [2.05, 4.69) is 4.72 Å². The minimum atomic E-state index is -4.33. The molecule has 0 heterocycles. The molecule has 3 aromatic rings.